The number of halogens is 6. The van der Waals surface area contributed by atoms with E-state index in [9.17, 15) is 28.8 Å². The molecule has 0 spiro atoms. The van der Waals surface area contributed by atoms with Crippen molar-refractivity contribution in [2.24, 2.45) is 0 Å². The minimum Gasteiger partial charge on any atom is -0.428 e. The summed E-state index contributed by atoms with van der Waals surface area (Å²) in [6, 6.07) is 14.6. The van der Waals surface area contributed by atoms with Gasteiger partial charge < -0.3 is 9.59 Å². The van der Waals surface area contributed by atoms with Crippen molar-refractivity contribution in [2.45, 2.75) is 44.0 Å². The number of nitrogens with zero attached hydrogens (tertiary/aromatic N) is 2. The van der Waals surface area contributed by atoms with E-state index in [1.165, 1.54) is 36.4 Å². The molecule has 0 atom stereocenters. The molecule has 8 nitrogen and oxygen atoms in total. The van der Waals surface area contributed by atoms with Crippen molar-refractivity contribution >= 4 is 62.0 Å². The van der Waals surface area contributed by atoms with Crippen LogP contribution in [0.5, 0.6) is 0 Å². The fraction of sp³-hybridized carbons (Fsp3) is 0.200. The average Bonchev–Trinajstić information content (AvgIpc) is 3.42. The summed E-state index contributed by atoms with van der Waals surface area (Å²) in [4.78, 5) is 76.1. The second-order valence-electron chi connectivity index (χ2n) is 13.4. The van der Waals surface area contributed by atoms with Gasteiger partial charge in [0.15, 0.2) is 0 Å². The number of imide groups is 2. The number of rotatable bonds is 6. The molecule has 51 heavy (non-hydrogen) atoms. The number of hydrogen-bond acceptors (Lipinski definition) is 6. The minimum absolute atomic E-state index is 0.0328. The van der Waals surface area contributed by atoms with E-state index in [0.29, 0.717) is 56.6 Å². The predicted molar refractivity (Wildman–Crippen MR) is 180 cm³/mol. The van der Waals surface area contributed by atoms with Crippen molar-refractivity contribution in [3.63, 3.8) is 0 Å². The second kappa shape index (κ2) is 11.6. The summed E-state index contributed by atoms with van der Waals surface area (Å²) in [5, 5.41) is 0.834. The third kappa shape index (κ3) is 5.53. The Bertz CT molecular complexity index is 2020. The lowest BCUT2D eigenvalue weighted by Gasteiger charge is -2.38. The molecule has 0 bridgehead atoms. The molecule has 2 N–H and O–H groups in total. The summed E-state index contributed by atoms with van der Waals surface area (Å²) in [6.07, 6.45) is -12.2. The Morgan fingerprint density at radius 1 is 0.490 bits per heavy atom. The maximum Gasteiger partial charge on any atom is 0.411 e. The van der Waals surface area contributed by atoms with Crippen LogP contribution in [0.25, 0.3) is 0 Å². The monoisotopic (exact) mass is 742 g/mol. The van der Waals surface area contributed by atoms with Crippen LogP contribution in [0, 0.1) is 0 Å². The summed E-state index contributed by atoms with van der Waals surface area (Å²) in [5.41, 5.74) is -10.1. The average molecular weight is 743 g/mol. The molecule has 0 saturated heterocycles. The summed E-state index contributed by atoms with van der Waals surface area (Å²) in [7, 11) is -5.92. The molecule has 0 aliphatic carbocycles. The molecule has 16 heteroatoms. The van der Waals surface area contributed by atoms with Crippen LogP contribution in [0.3, 0.4) is 0 Å². The van der Waals surface area contributed by atoms with Gasteiger partial charge in [0.2, 0.25) is 22.0 Å². The standard InChI is InChI=1S/C35H28F6N2O6Si2/c1-50(2,48)23-9-5-7-21(17-23)42-29(44)25-13-11-19(15-27(25)31(42)46)33(34(36,37)38,35(39,40)41)20-12-14-26-28(16-20)32(47)43(30(26)45)22-8-6-10-24(18-22)51(3,4)49/h5-18,48-49H,1-4H3. The molecule has 4 amide bonds. The summed E-state index contributed by atoms with van der Waals surface area (Å²) in [6.45, 7) is 6.30. The van der Waals surface area contributed by atoms with Gasteiger partial charge in [-0.3, -0.25) is 19.2 Å². The van der Waals surface area contributed by atoms with Gasteiger partial charge in [-0.2, -0.15) is 26.3 Å². The fourth-order valence-corrected chi connectivity index (χ4v) is 8.46. The molecule has 0 radical (unpaired) electrons. The van der Waals surface area contributed by atoms with Crippen molar-refractivity contribution in [3.8, 4) is 0 Å². The van der Waals surface area contributed by atoms with Crippen LogP contribution in [0.15, 0.2) is 84.9 Å². The predicted octanol–water partition coefficient (Wildman–Crippen LogP) is 5.51. The van der Waals surface area contributed by atoms with Crippen LogP contribution in [-0.2, 0) is 5.41 Å². The summed E-state index contributed by atoms with van der Waals surface area (Å²) in [5.74, 6) is -4.32. The van der Waals surface area contributed by atoms with Crippen LogP contribution >= 0.6 is 0 Å². The highest BCUT2D eigenvalue weighted by Crippen LogP contribution is 2.57. The van der Waals surface area contributed by atoms with E-state index < -0.39 is 91.4 Å². The van der Waals surface area contributed by atoms with Crippen molar-refractivity contribution in [1.29, 1.82) is 0 Å². The van der Waals surface area contributed by atoms with Crippen LogP contribution in [-0.4, -0.2) is 62.2 Å². The number of alkyl halides is 6. The van der Waals surface area contributed by atoms with E-state index in [1.54, 1.807) is 38.3 Å². The molecule has 0 saturated carbocycles. The van der Waals surface area contributed by atoms with Gasteiger partial charge in [0.25, 0.3) is 23.6 Å². The van der Waals surface area contributed by atoms with Gasteiger partial charge in [0.05, 0.1) is 33.6 Å². The summed E-state index contributed by atoms with van der Waals surface area (Å²) < 4.78 is 91.2. The molecule has 4 aromatic carbocycles. The van der Waals surface area contributed by atoms with E-state index in [1.807, 2.05) is 0 Å². The quantitative estimate of drug-likeness (QED) is 0.153. The molecule has 2 aliphatic heterocycles. The van der Waals surface area contributed by atoms with Gasteiger partial charge in [-0.1, -0.05) is 36.4 Å². The van der Waals surface area contributed by atoms with Crippen molar-refractivity contribution in [2.75, 3.05) is 9.80 Å². The molecule has 2 heterocycles. The number of benzene rings is 4. The van der Waals surface area contributed by atoms with Crippen LogP contribution in [0.4, 0.5) is 37.7 Å². The van der Waals surface area contributed by atoms with Gasteiger partial charge in [-0.25, -0.2) is 9.80 Å². The second-order valence-corrected chi connectivity index (χ2v) is 20.8. The highest BCUT2D eigenvalue weighted by molar-refractivity contribution is 6.83. The van der Waals surface area contributed by atoms with Gasteiger partial charge in [0.1, 0.15) is 0 Å². The molecule has 2 aliphatic rings. The number of fused-ring (bicyclic) bond motifs is 2. The van der Waals surface area contributed by atoms with E-state index in [-0.39, 0.29) is 11.4 Å². The van der Waals surface area contributed by atoms with Gasteiger partial charge in [-0.15, -0.1) is 0 Å². The zero-order valence-electron chi connectivity index (χ0n) is 27.3. The first-order valence-corrected chi connectivity index (χ1v) is 21.3. The number of carbonyl (C=O) groups excluding carboxylic acids is 4. The normalized spacial score (nSPS) is 15.5. The maximum atomic E-state index is 15.2. The third-order valence-corrected chi connectivity index (χ3v) is 12.6. The van der Waals surface area contributed by atoms with Crippen molar-refractivity contribution in [3.05, 3.63) is 118 Å². The zero-order valence-corrected chi connectivity index (χ0v) is 29.3. The number of amides is 4. The van der Waals surface area contributed by atoms with E-state index in [4.69, 9.17) is 0 Å². The molecule has 264 valence electrons. The molecule has 0 fully saturated rings. The van der Waals surface area contributed by atoms with Gasteiger partial charge in [-0.05, 0) is 96.2 Å². The van der Waals surface area contributed by atoms with Crippen molar-refractivity contribution in [1.82, 2.24) is 0 Å². The first kappa shape index (κ1) is 35.9. The molecule has 0 aromatic heterocycles. The number of hydrogen-bond donors (Lipinski definition) is 2. The Labute approximate surface area is 288 Å². The molecule has 4 aromatic rings. The molecular formula is C35H28F6N2O6Si2. The highest BCUT2D eigenvalue weighted by atomic mass is 28.4. The SMILES string of the molecule is C[Si](C)(O)c1cccc(N2C(=O)c3ccc(C(c4ccc5c(c4)C(=O)N(c4cccc([Si](C)(C)O)c4)C5=O)(C(F)(F)F)C(F)(F)F)cc3C2=O)c1. The van der Waals surface area contributed by atoms with E-state index in [2.05, 4.69) is 0 Å². The van der Waals surface area contributed by atoms with Crippen LogP contribution < -0.4 is 20.2 Å². The third-order valence-electron chi connectivity index (χ3n) is 9.11. The summed E-state index contributed by atoms with van der Waals surface area (Å²) >= 11 is 0. The first-order valence-electron chi connectivity index (χ1n) is 15.4. The van der Waals surface area contributed by atoms with E-state index >= 15 is 26.3 Å². The minimum atomic E-state index is -6.12. The Hall–Kier alpha value is -4.91. The lowest BCUT2D eigenvalue weighted by atomic mass is 9.71. The number of anilines is 2. The Balaban J connectivity index is 1.49. The first-order chi connectivity index (χ1) is 23.5. The largest absolute Gasteiger partial charge is 0.428 e. The molecule has 6 rings (SSSR count). The van der Waals surface area contributed by atoms with Crippen LogP contribution in [0.1, 0.15) is 52.6 Å². The maximum absolute atomic E-state index is 15.2. The Morgan fingerprint density at radius 3 is 1.14 bits per heavy atom. The van der Waals surface area contributed by atoms with Gasteiger partial charge in [0, 0.05) is 0 Å². The highest BCUT2D eigenvalue weighted by Gasteiger charge is 2.73. The fourth-order valence-electron chi connectivity index (χ4n) is 6.45. The topological polar surface area (TPSA) is 115 Å². The smallest absolute Gasteiger partial charge is 0.411 e. The Kier molecular flexibility index (Phi) is 8.14. The van der Waals surface area contributed by atoms with Gasteiger partial charge >= 0.3 is 12.4 Å². The van der Waals surface area contributed by atoms with E-state index in [0.717, 1.165) is 0 Å². The number of carbonyl (C=O) groups is 4. The molecular weight excluding hydrogens is 715 g/mol. The molecule has 0 unspecified atom stereocenters. The zero-order chi connectivity index (χ0) is 37.6. The Morgan fingerprint density at radius 2 is 0.824 bits per heavy atom. The lowest BCUT2D eigenvalue weighted by Crippen LogP contribution is -2.55. The van der Waals surface area contributed by atoms with Crippen molar-refractivity contribution < 1.29 is 55.1 Å². The van der Waals surface area contributed by atoms with Crippen LogP contribution in [0.2, 0.25) is 26.2 Å². The lowest BCUT2D eigenvalue weighted by molar-refractivity contribution is -0.288.